The van der Waals surface area contributed by atoms with Gasteiger partial charge in [-0.05, 0) is 44.2 Å². The minimum Gasteiger partial charge on any atom is -0.354 e. The van der Waals surface area contributed by atoms with Gasteiger partial charge in [0.1, 0.15) is 5.56 Å². The van der Waals surface area contributed by atoms with Crippen LogP contribution >= 0.6 is 0 Å². The van der Waals surface area contributed by atoms with Gasteiger partial charge in [0.2, 0.25) is 5.91 Å². The van der Waals surface area contributed by atoms with Gasteiger partial charge in [-0.25, -0.2) is 4.68 Å². The molecule has 0 fully saturated rings. The zero-order chi connectivity index (χ0) is 22.6. The van der Waals surface area contributed by atoms with Crippen LogP contribution in [-0.4, -0.2) is 38.7 Å². The lowest BCUT2D eigenvalue weighted by Crippen LogP contribution is -2.34. The number of rotatable bonds is 7. The van der Waals surface area contributed by atoms with Crippen molar-refractivity contribution in [2.75, 3.05) is 6.54 Å². The van der Waals surface area contributed by atoms with E-state index in [4.69, 9.17) is 0 Å². The Balaban J connectivity index is 1.89. The van der Waals surface area contributed by atoms with Crippen molar-refractivity contribution in [1.82, 2.24) is 25.0 Å². The maximum absolute atomic E-state index is 13.1. The van der Waals surface area contributed by atoms with Gasteiger partial charge < -0.3 is 15.2 Å². The highest BCUT2D eigenvalue weighted by atomic mass is 19.4. The van der Waals surface area contributed by atoms with Crippen LogP contribution in [0.5, 0.6) is 0 Å². The minimum absolute atomic E-state index is 0.00533. The predicted octanol–water partition coefficient (Wildman–Crippen LogP) is 3.33. The van der Waals surface area contributed by atoms with Gasteiger partial charge in [0.15, 0.2) is 5.82 Å². The summed E-state index contributed by atoms with van der Waals surface area (Å²) in [7, 11) is 0. The van der Waals surface area contributed by atoms with E-state index in [9.17, 15) is 22.8 Å². The summed E-state index contributed by atoms with van der Waals surface area (Å²) in [6, 6.07) is 8.15. The zero-order valence-corrected chi connectivity index (χ0v) is 17.0. The molecule has 3 rings (SSSR count). The largest absolute Gasteiger partial charge is 0.416 e. The van der Waals surface area contributed by atoms with Crippen LogP contribution in [0.15, 0.2) is 55.0 Å². The van der Waals surface area contributed by atoms with Gasteiger partial charge in [-0.2, -0.15) is 18.3 Å². The summed E-state index contributed by atoms with van der Waals surface area (Å²) < 4.78 is 42.3. The fourth-order valence-corrected chi connectivity index (χ4v) is 3.01. The Morgan fingerprint density at radius 2 is 1.84 bits per heavy atom. The summed E-state index contributed by atoms with van der Waals surface area (Å²) in [5, 5.41) is 9.55. The summed E-state index contributed by atoms with van der Waals surface area (Å²) in [6.45, 7) is 3.78. The van der Waals surface area contributed by atoms with E-state index in [1.807, 2.05) is 13.8 Å². The van der Waals surface area contributed by atoms with Crippen LogP contribution in [0.25, 0.3) is 11.5 Å². The quantitative estimate of drug-likeness (QED) is 0.600. The third-order valence-electron chi connectivity index (χ3n) is 4.34. The fourth-order valence-electron chi connectivity index (χ4n) is 3.01. The highest BCUT2D eigenvalue weighted by Crippen LogP contribution is 2.31. The Hall–Kier alpha value is -3.56. The van der Waals surface area contributed by atoms with Gasteiger partial charge in [-0.15, -0.1) is 0 Å². The van der Waals surface area contributed by atoms with E-state index in [1.165, 1.54) is 23.0 Å². The molecule has 0 unspecified atom stereocenters. The highest BCUT2D eigenvalue weighted by molar-refractivity contribution is 5.97. The number of benzene rings is 1. The summed E-state index contributed by atoms with van der Waals surface area (Å²) in [5.74, 6) is -0.395. The SMILES string of the molecule is CC(C)NC(=O)CCNC(=O)c1cnn(-c2cccc(C(F)(F)F)c2)c1-n1cccc1. The Morgan fingerprint density at radius 1 is 1.13 bits per heavy atom. The molecule has 2 amide bonds. The Morgan fingerprint density at radius 3 is 2.48 bits per heavy atom. The fraction of sp³-hybridized carbons (Fsp3) is 0.286. The number of carbonyl (C=O) groups excluding carboxylic acids is 2. The average molecular weight is 433 g/mol. The van der Waals surface area contributed by atoms with Crippen molar-refractivity contribution in [3.8, 4) is 11.5 Å². The Labute approximate surface area is 176 Å². The smallest absolute Gasteiger partial charge is 0.354 e. The molecule has 7 nitrogen and oxygen atoms in total. The van der Waals surface area contributed by atoms with E-state index in [-0.39, 0.29) is 42.0 Å². The molecule has 0 aliphatic heterocycles. The lowest BCUT2D eigenvalue weighted by molar-refractivity contribution is -0.137. The van der Waals surface area contributed by atoms with Crippen molar-refractivity contribution >= 4 is 11.8 Å². The maximum atomic E-state index is 13.1. The topological polar surface area (TPSA) is 81.0 Å². The molecule has 0 radical (unpaired) electrons. The molecular weight excluding hydrogens is 411 g/mol. The third-order valence-corrected chi connectivity index (χ3v) is 4.34. The highest BCUT2D eigenvalue weighted by Gasteiger charge is 2.31. The monoisotopic (exact) mass is 433 g/mol. The number of hydrogen-bond donors (Lipinski definition) is 2. The first-order valence-corrected chi connectivity index (χ1v) is 9.63. The van der Waals surface area contributed by atoms with Crippen LogP contribution in [-0.2, 0) is 11.0 Å². The summed E-state index contributed by atoms with van der Waals surface area (Å²) in [5.41, 5.74) is -0.493. The normalized spacial score (nSPS) is 11.5. The van der Waals surface area contributed by atoms with Gasteiger partial charge >= 0.3 is 6.18 Å². The van der Waals surface area contributed by atoms with Crippen LogP contribution in [0.2, 0.25) is 0 Å². The number of halogens is 3. The molecular formula is C21H22F3N5O2. The van der Waals surface area contributed by atoms with Crippen molar-refractivity contribution in [1.29, 1.82) is 0 Å². The summed E-state index contributed by atoms with van der Waals surface area (Å²) >= 11 is 0. The van der Waals surface area contributed by atoms with E-state index >= 15 is 0 Å². The Kier molecular flexibility index (Phi) is 6.47. The van der Waals surface area contributed by atoms with Gasteiger partial charge in [-0.3, -0.25) is 9.59 Å². The number of nitrogens with zero attached hydrogens (tertiary/aromatic N) is 3. The lowest BCUT2D eigenvalue weighted by atomic mass is 10.2. The van der Waals surface area contributed by atoms with E-state index in [0.29, 0.717) is 0 Å². The van der Waals surface area contributed by atoms with Crippen molar-refractivity contribution in [2.24, 2.45) is 0 Å². The van der Waals surface area contributed by atoms with Gasteiger partial charge in [0, 0.05) is 31.4 Å². The molecule has 0 saturated carbocycles. The van der Waals surface area contributed by atoms with Crippen LogP contribution < -0.4 is 10.6 Å². The predicted molar refractivity (Wildman–Crippen MR) is 108 cm³/mol. The molecule has 164 valence electrons. The molecule has 0 bridgehead atoms. The van der Waals surface area contributed by atoms with Crippen molar-refractivity contribution in [3.63, 3.8) is 0 Å². The number of nitrogens with one attached hydrogen (secondary N) is 2. The number of amides is 2. The number of carbonyl (C=O) groups is 2. The number of alkyl halides is 3. The van der Waals surface area contributed by atoms with Crippen LogP contribution in [0.1, 0.15) is 36.2 Å². The van der Waals surface area contributed by atoms with Gasteiger partial charge in [0.05, 0.1) is 17.4 Å². The summed E-state index contributed by atoms with van der Waals surface area (Å²) in [4.78, 5) is 24.5. The molecule has 0 aliphatic carbocycles. The molecule has 3 aromatic rings. The second-order valence-corrected chi connectivity index (χ2v) is 7.16. The molecule has 31 heavy (non-hydrogen) atoms. The molecule has 0 aliphatic rings. The van der Waals surface area contributed by atoms with Crippen molar-refractivity contribution in [2.45, 2.75) is 32.5 Å². The zero-order valence-electron chi connectivity index (χ0n) is 17.0. The molecule has 1 aromatic carbocycles. The van der Waals surface area contributed by atoms with Crippen LogP contribution in [0, 0.1) is 0 Å². The van der Waals surface area contributed by atoms with Gasteiger partial charge in [0.25, 0.3) is 5.91 Å². The first-order chi connectivity index (χ1) is 14.7. The third kappa shape index (κ3) is 5.33. The molecule has 2 heterocycles. The number of hydrogen-bond acceptors (Lipinski definition) is 3. The van der Waals surface area contributed by atoms with Crippen LogP contribution in [0.3, 0.4) is 0 Å². The molecule has 2 N–H and O–H groups in total. The molecule has 10 heteroatoms. The minimum atomic E-state index is -4.51. The van der Waals surface area contributed by atoms with Gasteiger partial charge in [-0.1, -0.05) is 6.07 Å². The molecule has 0 spiro atoms. The van der Waals surface area contributed by atoms with Crippen molar-refractivity contribution < 1.29 is 22.8 Å². The van der Waals surface area contributed by atoms with E-state index < -0.39 is 17.6 Å². The first kappa shape index (κ1) is 22.1. The van der Waals surface area contributed by atoms with E-state index in [0.717, 1.165) is 12.1 Å². The second-order valence-electron chi connectivity index (χ2n) is 7.16. The Bertz CT molecular complexity index is 1060. The standard InChI is InChI=1S/C21H22F3N5O2/c1-14(2)27-18(30)8-9-25-19(31)17-13-26-29(20(17)28-10-3-4-11-28)16-7-5-6-15(12-16)21(22,23)24/h3-7,10-14H,8-9H2,1-2H3,(H,25,31)(H,27,30). The van der Waals surface area contributed by atoms with Crippen molar-refractivity contribution in [3.05, 3.63) is 66.1 Å². The molecule has 0 saturated heterocycles. The molecule has 0 atom stereocenters. The van der Waals surface area contributed by atoms with Crippen LogP contribution in [0.4, 0.5) is 13.2 Å². The lowest BCUT2D eigenvalue weighted by Gasteiger charge is -2.13. The average Bonchev–Trinajstić information content (AvgIpc) is 3.36. The van der Waals surface area contributed by atoms with E-state index in [1.54, 1.807) is 29.1 Å². The first-order valence-electron chi connectivity index (χ1n) is 9.63. The second kappa shape index (κ2) is 9.07. The van der Waals surface area contributed by atoms with E-state index in [2.05, 4.69) is 15.7 Å². The summed E-state index contributed by atoms with van der Waals surface area (Å²) in [6.07, 6.45) is 0.208. The number of aromatic nitrogens is 3. The molecule has 2 aromatic heterocycles. The maximum Gasteiger partial charge on any atom is 0.416 e.